The van der Waals surface area contributed by atoms with E-state index in [1.165, 1.54) is 18.2 Å². The normalized spacial score (nSPS) is 11.1. The van der Waals surface area contributed by atoms with Gasteiger partial charge >= 0.3 is 12.1 Å². The minimum absolute atomic E-state index is 0.00901. The zero-order chi connectivity index (χ0) is 30.0. The summed E-state index contributed by atoms with van der Waals surface area (Å²) < 4.78 is 59.3. The lowest BCUT2D eigenvalue weighted by Crippen LogP contribution is -2.37. The number of carboxylic acids is 1. The van der Waals surface area contributed by atoms with Gasteiger partial charge in [0.2, 0.25) is 21.7 Å². The second-order valence-corrected chi connectivity index (χ2v) is 9.77. The number of hydrogen-bond donors (Lipinski definition) is 5. The summed E-state index contributed by atoms with van der Waals surface area (Å²) in [5.41, 5.74) is 16.4. The van der Waals surface area contributed by atoms with E-state index in [0.29, 0.717) is 18.5 Å². The highest BCUT2D eigenvalue weighted by molar-refractivity contribution is 7.91. The summed E-state index contributed by atoms with van der Waals surface area (Å²) >= 11 is 0. The number of hydrogen-bond acceptors (Lipinski definition) is 8. The third-order valence-corrected chi connectivity index (χ3v) is 6.50. The van der Waals surface area contributed by atoms with Gasteiger partial charge in [0.1, 0.15) is 13.2 Å². The van der Waals surface area contributed by atoms with Crippen molar-refractivity contribution in [1.82, 2.24) is 9.88 Å². The Morgan fingerprint density at radius 1 is 1.21 bits per heavy atom. The molecule has 1 amide bonds. The molecule has 13 nitrogen and oxygen atoms in total. The number of rotatable bonds is 10. The number of oxime groups is 1. The monoisotopic (exact) mass is 578 g/mol. The Bertz CT molecular complexity index is 1370. The third kappa shape index (κ3) is 9.84. The van der Waals surface area contributed by atoms with Gasteiger partial charge in [0.15, 0.2) is 4.90 Å². The molecule has 1 aromatic heterocycles. The van der Waals surface area contributed by atoms with Crippen molar-refractivity contribution in [3.8, 4) is 0 Å². The molecule has 0 saturated heterocycles. The number of nitrogens with zero attached hydrogens (tertiary/aromatic N) is 2. The molecule has 39 heavy (non-hydrogen) atoms. The van der Waals surface area contributed by atoms with Crippen LogP contribution >= 0.6 is 0 Å². The van der Waals surface area contributed by atoms with Crippen molar-refractivity contribution in [2.45, 2.75) is 49.2 Å². The molecule has 0 aliphatic heterocycles. The van der Waals surface area contributed by atoms with Crippen molar-refractivity contribution in [2.24, 2.45) is 16.6 Å². The summed E-state index contributed by atoms with van der Waals surface area (Å²) in [7, 11) is -4.19. The molecule has 17 heteroatoms. The van der Waals surface area contributed by atoms with Crippen molar-refractivity contribution in [3.05, 3.63) is 51.9 Å². The topological polar surface area (TPSA) is 222 Å². The second kappa shape index (κ2) is 14.0. The summed E-state index contributed by atoms with van der Waals surface area (Å²) in [6.07, 6.45) is -3.98. The number of sulfone groups is 1. The van der Waals surface area contributed by atoms with Gasteiger partial charge in [-0.15, -0.1) is 0 Å². The molecule has 0 radical (unpaired) electrons. The number of carbonyl (C=O) groups excluding carboxylic acids is 1. The van der Waals surface area contributed by atoms with E-state index in [2.05, 4.69) is 10.5 Å². The Labute approximate surface area is 221 Å². The van der Waals surface area contributed by atoms with Crippen LogP contribution in [0, 0.1) is 6.92 Å². The van der Waals surface area contributed by atoms with Crippen LogP contribution in [0.4, 0.5) is 18.9 Å². The maximum absolute atomic E-state index is 13.2. The molecule has 0 aliphatic carbocycles. The maximum Gasteiger partial charge on any atom is 0.490 e. The van der Waals surface area contributed by atoms with Crippen molar-refractivity contribution in [2.75, 3.05) is 18.9 Å². The Kier molecular flexibility index (Phi) is 11.8. The minimum Gasteiger partial charge on any atom is -0.475 e. The van der Waals surface area contributed by atoms with Crippen LogP contribution < -0.4 is 28.1 Å². The number of pyridine rings is 1. The number of aryl methyl sites for hydroxylation is 2. The molecule has 1 heterocycles. The summed E-state index contributed by atoms with van der Waals surface area (Å²) in [6, 6.07) is 7.62. The van der Waals surface area contributed by atoms with Gasteiger partial charge in [-0.05, 0) is 42.3 Å². The number of amides is 1. The fraction of sp³-hybridized carbons (Fsp3) is 0.364. The number of halogens is 3. The van der Waals surface area contributed by atoms with Crippen LogP contribution in [-0.4, -0.2) is 55.3 Å². The fourth-order valence-corrected chi connectivity index (χ4v) is 4.61. The molecule has 0 fully saturated rings. The van der Waals surface area contributed by atoms with Gasteiger partial charge in [-0.2, -0.15) is 13.2 Å². The fourth-order valence-electron chi connectivity index (χ4n) is 3.06. The zero-order valence-electron chi connectivity index (χ0n) is 21.0. The molecule has 0 spiro atoms. The highest BCUT2D eigenvalue weighted by Gasteiger charge is 2.38. The Morgan fingerprint density at radius 2 is 1.82 bits per heavy atom. The lowest BCUT2D eigenvalue weighted by Gasteiger charge is -2.16. The lowest BCUT2D eigenvalue weighted by molar-refractivity contribution is -0.192. The third-order valence-electron chi connectivity index (χ3n) is 4.67. The van der Waals surface area contributed by atoms with E-state index in [-0.39, 0.29) is 36.2 Å². The molecule has 0 unspecified atom stereocenters. The average Bonchev–Trinajstić information content (AvgIpc) is 2.81. The summed E-state index contributed by atoms with van der Waals surface area (Å²) in [6.45, 7) is 3.34. The van der Waals surface area contributed by atoms with E-state index < -0.39 is 38.3 Å². The first-order chi connectivity index (χ1) is 18.0. The van der Waals surface area contributed by atoms with Crippen LogP contribution in [0.5, 0.6) is 0 Å². The predicted octanol–water partition coefficient (Wildman–Crippen LogP) is 0.479. The molecule has 8 N–H and O–H groups in total. The van der Waals surface area contributed by atoms with Gasteiger partial charge in [-0.3, -0.25) is 9.59 Å². The van der Waals surface area contributed by atoms with E-state index >= 15 is 0 Å². The van der Waals surface area contributed by atoms with Gasteiger partial charge in [-0.1, -0.05) is 25.5 Å². The van der Waals surface area contributed by atoms with Gasteiger partial charge in [0, 0.05) is 5.69 Å². The molecule has 0 atom stereocenters. The number of carbonyl (C=O) groups is 2. The van der Waals surface area contributed by atoms with Gasteiger partial charge in [0.05, 0.1) is 17.1 Å². The molecule has 216 valence electrons. The standard InChI is InChI=1S/C20H28N6O5S.C2HF3O2/c1-3-5-14-11-16(21)18(32(29,30)15-7-4-6-13(2)10-15)19(28)26(14)12-17(27)24-8-9-31-25-20(22)23;3-2(4,5)1(6)7/h4,6-7,10-11H,3,5,8-9,12,21H2,1-2H3,(H,24,27)(H4,22,23,25);(H,6,7). The molecule has 2 aromatic rings. The molecular formula is C22H29F3N6O7S. The molecule has 2 rings (SSSR count). The van der Waals surface area contributed by atoms with E-state index in [0.717, 1.165) is 10.1 Å². The highest BCUT2D eigenvalue weighted by Crippen LogP contribution is 2.25. The summed E-state index contributed by atoms with van der Waals surface area (Å²) in [4.78, 5) is 38.7. The van der Waals surface area contributed by atoms with Crippen molar-refractivity contribution in [1.29, 1.82) is 0 Å². The first-order valence-electron chi connectivity index (χ1n) is 11.1. The number of alkyl halides is 3. The quantitative estimate of drug-likeness (QED) is 0.113. The highest BCUT2D eigenvalue weighted by atomic mass is 32.2. The van der Waals surface area contributed by atoms with Gasteiger partial charge < -0.3 is 37.0 Å². The zero-order valence-corrected chi connectivity index (χ0v) is 21.8. The van der Waals surface area contributed by atoms with E-state index in [4.69, 9.17) is 31.9 Å². The van der Waals surface area contributed by atoms with E-state index in [1.807, 2.05) is 6.92 Å². The molecule has 1 aromatic carbocycles. The number of nitrogen functional groups attached to an aromatic ring is 1. The van der Waals surface area contributed by atoms with Gasteiger partial charge in [0.25, 0.3) is 5.56 Å². The van der Waals surface area contributed by atoms with E-state index in [9.17, 15) is 31.2 Å². The second-order valence-electron chi connectivity index (χ2n) is 7.88. The number of benzene rings is 1. The first-order valence-corrected chi connectivity index (χ1v) is 12.6. The smallest absolute Gasteiger partial charge is 0.475 e. The maximum atomic E-state index is 13.2. The Balaban J connectivity index is 0.000000956. The minimum atomic E-state index is -5.08. The van der Waals surface area contributed by atoms with Crippen LogP contribution in [0.3, 0.4) is 0 Å². The number of carboxylic acid groups (broad SMARTS) is 1. The molecule has 0 aliphatic rings. The van der Waals surface area contributed by atoms with Crippen LogP contribution in [0.25, 0.3) is 0 Å². The van der Waals surface area contributed by atoms with E-state index in [1.54, 1.807) is 19.1 Å². The van der Waals surface area contributed by atoms with Crippen LogP contribution in [-0.2, 0) is 37.2 Å². The summed E-state index contributed by atoms with van der Waals surface area (Å²) in [5.74, 6) is -3.52. The first kappa shape index (κ1) is 32.7. The van der Waals surface area contributed by atoms with Crippen LogP contribution in [0.1, 0.15) is 24.6 Å². The largest absolute Gasteiger partial charge is 0.490 e. The number of aliphatic carboxylic acids is 1. The molecule has 0 saturated carbocycles. The van der Waals surface area contributed by atoms with Crippen LogP contribution in [0.15, 0.2) is 50.1 Å². The number of aromatic nitrogens is 1. The Hall–Kier alpha value is -4.28. The van der Waals surface area contributed by atoms with Crippen molar-refractivity contribution >= 4 is 33.4 Å². The Morgan fingerprint density at radius 3 is 2.33 bits per heavy atom. The number of anilines is 1. The average molecular weight is 579 g/mol. The SMILES string of the molecule is CCCc1cc(N)c(S(=O)(=O)c2cccc(C)c2)c(=O)n1CC(=O)NCCON=C(N)N.O=C(O)C(F)(F)F. The number of guanidine groups is 1. The number of nitrogens with two attached hydrogens (primary N) is 3. The predicted molar refractivity (Wildman–Crippen MR) is 134 cm³/mol. The van der Waals surface area contributed by atoms with Crippen molar-refractivity contribution in [3.63, 3.8) is 0 Å². The van der Waals surface area contributed by atoms with Crippen molar-refractivity contribution < 1.29 is 41.1 Å². The lowest BCUT2D eigenvalue weighted by atomic mass is 10.2. The van der Waals surface area contributed by atoms with Crippen LogP contribution in [0.2, 0.25) is 0 Å². The summed E-state index contributed by atoms with van der Waals surface area (Å²) in [5, 5.41) is 13.0. The number of nitrogens with one attached hydrogen (secondary N) is 1. The molecular weight excluding hydrogens is 549 g/mol. The molecule has 0 bridgehead atoms. The van der Waals surface area contributed by atoms with Gasteiger partial charge in [-0.25, -0.2) is 13.2 Å².